The maximum Gasteiger partial charge on any atom is 0.410 e. The molecule has 0 spiro atoms. The zero-order chi connectivity index (χ0) is 32.4. The fraction of sp³-hybridized carbons (Fsp3) is 0.406. The maximum absolute atomic E-state index is 13.2. The van der Waals surface area contributed by atoms with Crippen LogP contribution in [0.4, 0.5) is 10.5 Å². The number of likely N-dealkylation sites (N-methyl/N-ethyl adjacent to an activating group) is 1. The number of non-ortho nitro benzene ring substituents is 1. The number of piperidine rings is 1. The van der Waals surface area contributed by atoms with Crippen LogP contribution in [0.1, 0.15) is 36.3 Å². The zero-order valence-electron chi connectivity index (χ0n) is 25.2. The SMILES string of the molecule is CN(C[C@@H](CCN1CCC(N(CCO)C(=O)OCc2ccc([N+](=O)[O-])cc2)CC1)c1cccc(Cl)c1)S(=O)(=O)c1ccccc1. The molecule has 1 fully saturated rings. The van der Waals surface area contributed by atoms with E-state index in [0.717, 1.165) is 25.2 Å². The number of benzene rings is 3. The second kappa shape index (κ2) is 16.1. The van der Waals surface area contributed by atoms with E-state index in [0.29, 0.717) is 36.4 Å². The van der Waals surface area contributed by atoms with Gasteiger partial charge in [-0.05, 0) is 79.3 Å². The summed E-state index contributed by atoms with van der Waals surface area (Å²) in [5, 5.41) is 21.1. The molecule has 4 rings (SSSR count). The van der Waals surface area contributed by atoms with Crippen LogP contribution in [0.5, 0.6) is 0 Å². The number of sulfonamides is 1. The van der Waals surface area contributed by atoms with Gasteiger partial charge in [0.05, 0.1) is 16.4 Å². The summed E-state index contributed by atoms with van der Waals surface area (Å²) in [5.74, 6) is -0.0924. The number of hydrogen-bond acceptors (Lipinski definition) is 8. The van der Waals surface area contributed by atoms with Crippen LogP contribution in [-0.2, 0) is 21.4 Å². The van der Waals surface area contributed by atoms with E-state index < -0.39 is 21.0 Å². The summed E-state index contributed by atoms with van der Waals surface area (Å²) in [4.78, 5) is 27.4. The Morgan fingerprint density at radius 2 is 1.78 bits per heavy atom. The molecule has 1 aliphatic rings. The first-order chi connectivity index (χ1) is 21.6. The minimum Gasteiger partial charge on any atom is -0.445 e. The second-order valence-corrected chi connectivity index (χ2v) is 13.6. The van der Waals surface area contributed by atoms with Crippen LogP contribution in [0.2, 0.25) is 5.02 Å². The third kappa shape index (κ3) is 9.47. The number of hydrogen-bond donors (Lipinski definition) is 1. The van der Waals surface area contributed by atoms with Crippen molar-refractivity contribution in [2.45, 2.75) is 42.7 Å². The first kappa shape index (κ1) is 34.3. The highest BCUT2D eigenvalue weighted by atomic mass is 35.5. The van der Waals surface area contributed by atoms with Gasteiger partial charge in [0.15, 0.2) is 0 Å². The molecular formula is C32H39ClN4O7S. The number of amides is 1. The molecule has 1 saturated heterocycles. The maximum atomic E-state index is 13.2. The highest BCUT2D eigenvalue weighted by molar-refractivity contribution is 7.89. The topological polar surface area (TPSA) is 134 Å². The minimum absolute atomic E-state index is 0.0308. The highest BCUT2D eigenvalue weighted by Crippen LogP contribution is 2.27. The van der Waals surface area contributed by atoms with Gasteiger partial charge in [-0.15, -0.1) is 0 Å². The molecule has 0 unspecified atom stereocenters. The molecule has 242 valence electrons. The normalized spacial score (nSPS) is 15.1. The van der Waals surface area contributed by atoms with Crippen molar-refractivity contribution in [1.29, 1.82) is 0 Å². The fourth-order valence-corrected chi connectivity index (χ4v) is 7.01. The number of nitrogens with zero attached hydrogens (tertiary/aromatic N) is 4. The number of nitro groups is 1. The lowest BCUT2D eigenvalue weighted by Gasteiger charge is -2.38. The van der Waals surface area contributed by atoms with E-state index in [-0.39, 0.29) is 42.3 Å². The Kier molecular flexibility index (Phi) is 12.3. The van der Waals surface area contributed by atoms with Gasteiger partial charge in [-0.25, -0.2) is 17.5 Å². The van der Waals surface area contributed by atoms with Crippen molar-refractivity contribution in [3.63, 3.8) is 0 Å². The van der Waals surface area contributed by atoms with Crippen molar-refractivity contribution in [3.8, 4) is 0 Å². The van der Waals surface area contributed by atoms with Crippen molar-refractivity contribution < 1.29 is 28.0 Å². The lowest BCUT2D eigenvalue weighted by molar-refractivity contribution is -0.384. The number of aliphatic hydroxyl groups excluding tert-OH is 1. The molecule has 1 amide bonds. The number of carbonyl (C=O) groups is 1. The number of halogens is 1. The number of aliphatic hydroxyl groups is 1. The van der Waals surface area contributed by atoms with Gasteiger partial charge in [-0.3, -0.25) is 10.1 Å². The molecule has 0 bridgehead atoms. The van der Waals surface area contributed by atoms with Gasteiger partial charge in [0.1, 0.15) is 6.61 Å². The lowest BCUT2D eigenvalue weighted by Crippen LogP contribution is -2.48. The summed E-state index contributed by atoms with van der Waals surface area (Å²) in [5.41, 5.74) is 1.56. The Morgan fingerprint density at radius 3 is 2.40 bits per heavy atom. The van der Waals surface area contributed by atoms with Gasteiger partial charge in [0, 0.05) is 56.4 Å². The second-order valence-electron chi connectivity index (χ2n) is 11.1. The molecule has 0 saturated carbocycles. The molecule has 45 heavy (non-hydrogen) atoms. The molecule has 0 aliphatic carbocycles. The molecule has 3 aromatic carbocycles. The van der Waals surface area contributed by atoms with E-state index in [1.807, 2.05) is 18.2 Å². The van der Waals surface area contributed by atoms with Crippen molar-refractivity contribution >= 4 is 33.4 Å². The predicted octanol–water partition coefficient (Wildman–Crippen LogP) is 5.14. The summed E-state index contributed by atoms with van der Waals surface area (Å²) in [6, 6.07) is 21.6. The van der Waals surface area contributed by atoms with Crippen molar-refractivity contribution in [2.24, 2.45) is 0 Å². The summed E-state index contributed by atoms with van der Waals surface area (Å²) in [6.45, 7) is 2.38. The van der Waals surface area contributed by atoms with E-state index in [1.54, 1.807) is 60.5 Å². The summed E-state index contributed by atoms with van der Waals surface area (Å²) < 4.78 is 33.4. The van der Waals surface area contributed by atoms with Crippen LogP contribution in [0, 0.1) is 10.1 Å². The standard InChI is InChI=1S/C32H39ClN4O7S/c1-34(45(42,43)31-8-3-2-4-9-31)23-27(26-6-5-7-28(33)22-26)14-17-35-18-15-29(16-19-35)36(20-21-38)32(39)44-24-25-10-12-30(13-11-25)37(40)41/h2-13,22,27,29,38H,14-21,23-24H2,1H3/t27-/m1/s1. The molecule has 11 nitrogen and oxygen atoms in total. The third-order valence-electron chi connectivity index (χ3n) is 8.13. The number of rotatable bonds is 14. The molecule has 3 aromatic rings. The first-order valence-corrected chi connectivity index (χ1v) is 16.7. The van der Waals surface area contributed by atoms with Crippen LogP contribution < -0.4 is 0 Å². The number of carbonyl (C=O) groups excluding carboxylic acids is 1. The number of nitro benzene ring substituents is 1. The van der Waals surface area contributed by atoms with Crippen LogP contribution in [0.25, 0.3) is 0 Å². The Hall–Kier alpha value is -3.55. The van der Waals surface area contributed by atoms with Crippen molar-refractivity contribution in [3.05, 3.63) is 105 Å². The predicted molar refractivity (Wildman–Crippen MR) is 172 cm³/mol. The summed E-state index contributed by atoms with van der Waals surface area (Å²) >= 11 is 6.30. The van der Waals surface area contributed by atoms with Crippen LogP contribution in [0.15, 0.2) is 83.8 Å². The van der Waals surface area contributed by atoms with Gasteiger partial charge in [-0.1, -0.05) is 41.9 Å². The largest absolute Gasteiger partial charge is 0.445 e. The van der Waals surface area contributed by atoms with Crippen LogP contribution in [-0.4, -0.2) is 91.1 Å². The molecule has 1 atom stereocenters. The van der Waals surface area contributed by atoms with Gasteiger partial charge in [0.25, 0.3) is 5.69 Å². The minimum atomic E-state index is -3.66. The van der Waals surface area contributed by atoms with Gasteiger partial charge >= 0.3 is 6.09 Å². The molecule has 1 aliphatic heterocycles. The van der Waals surface area contributed by atoms with E-state index >= 15 is 0 Å². The molecule has 1 N–H and O–H groups in total. The Balaban J connectivity index is 1.34. The van der Waals surface area contributed by atoms with E-state index in [1.165, 1.54) is 16.4 Å². The molecule has 13 heteroatoms. The Morgan fingerprint density at radius 1 is 1.09 bits per heavy atom. The zero-order valence-corrected chi connectivity index (χ0v) is 26.8. The smallest absolute Gasteiger partial charge is 0.410 e. The molecule has 0 radical (unpaired) electrons. The van der Waals surface area contributed by atoms with Crippen molar-refractivity contribution in [1.82, 2.24) is 14.1 Å². The Labute approximate surface area is 269 Å². The quantitative estimate of drug-likeness (QED) is 0.186. The summed E-state index contributed by atoms with van der Waals surface area (Å²) in [7, 11) is -2.06. The first-order valence-electron chi connectivity index (χ1n) is 14.8. The van der Waals surface area contributed by atoms with Gasteiger partial charge < -0.3 is 19.6 Å². The van der Waals surface area contributed by atoms with Crippen LogP contribution >= 0.6 is 11.6 Å². The average molecular weight is 659 g/mol. The van der Waals surface area contributed by atoms with Crippen molar-refractivity contribution in [2.75, 3.05) is 46.4 Å². The monoisotopic (exact) mass is 658 g/mol. The lowest BCUT2D eigenvalue weighted by atomic mass is 9.94. The number of ether oxygens (including phenoxy) is 1. The van der Waals surface area contributed by atoms with E-state index in [4.69, 9.17) is 16.3 Å². The fourth-order valence-electron chi connectivity index (χ4n) is 5.57. The van der Waals surface area contributed by atoms with Crippen LogP contribution in [0.3, 0.4) is 0 Å². The third-order valence-corrected chi connectivity index (χ3v) is 10.2. The Bertz CT molecular complexity index is 1520. The average Bonchev–Trinajstić information content (AvgIpc) is 3.05. The summed E-state index contributed by atoms with van der Waals surface area (Å²) in [6.07, 6.45) is 1.55. The molecule has 1 heterocycles. The van der Waals surface area contributed by atoms with E-state index in [9.17, 15) is 28.4 Å². The van der Waals surface area contributed by atoms with Gasteiger partial charge in [0.2, 0.25) is 10.0 Å². The highest BCUT2D eigenvalue weighted by Gasteiger charge is 2.30. The van der Waals surface area contributed by atoms with E-state index in [2.05, 4.69) is 4.90 Å². The molecule has 0 aromatic heterocycles. The molecular weight excluding hydrogens is 620 g/mol. The van der Waals surface area contributed by atoms with Gasteiger partial charge in [-0.2, -0.15) is 0 Å². The number of likely N-dealkylation sites (tertiary alicyclic amines) is 1.